The zero-order chi connectivity index (χ0) is 24.6. The summed E-state index contributed by atoms with van der Waals surface area (Å²) in [5.41, 5.74) is 9.53. The van der Waals surface area contributed by atoms with Gasteiger partial charge in [0.05, 0.1) is 11.6 Å². The van der Waals surface area contributed by atoms with Crippen LogP contribution in [0.3, 0.4) is 0 Å². The molecule has 1 aromatic carbocycles. The van der Waals surface area contributed by atoms with Gasteiger partial charge in [0.15, 0.2) is 5.70 Å². The van der Waals surface area contributed by atoms with E-state index in [4.69, 9.17) is 16.3 Å². The largest absolute Gasteiger partial charge is 0.573 e. The molecule has 2 aliphatic carbocycles. The Morgan fingerprint density at radius 1 is 1.09 bits per heavy atom. The van der Waals surface area contributed by atoms with E-state index < -0.39 is 12.3 Å². The van der Waals surface area contributed by atoms with Crippen LogP contribution >= 0.6 is 11.8 Å². The number of carbonyl (C=O) groups excluding carboxylic acids is 1. The van der Waals surface area contributed by atoms with Crippen LogP contribution < -0.4 is 21.7 Å². The molecule has 2 saturated carbocycles. The highest BCUT2D eigenvalue weighted by Crippen LogP contribution is 2.53. The Morgan fingerprint density at radius 3 is 2.09 bits per heavy atom. The molecule has 2 aliphatic rings. The van der Waals surface area contributed by atoms with Gasteiger partial charge in [0.25, 0.3) is 0 Å². The maximum absolute atomic E-state index is 12.3. The highest BCUT2D eigenvalue weighted by Gasteiger charge is 2.42. The Labute approximate surface area is 197 Å². The first-order valence-electron chi connectivity index (χ1n) is 11.3. The average Bonchev–Trinajstić information content (AvgIpc) is 3.27. The molecule has 0 heterocycles. The molecule has 0 aliphatic heterocycles. The SMILES string of the molecule is CCC.CCOC(=O)/C(NN)=C(/N)SC1CC2CC(c3ccc(OC(F)(F)F)cc3)CC2C1. The van der Waals surface area contributed by atoms with Crippen LogP contribution in [0.2, 0.25) is 0 Å². The molecular formula is C23H34F3N3O3S. The maximum Gasteiger partial charge on any atom is 0.573 e. The van der Waals surface area contributed by atoms with Crippen LogP contribution in [0.1, 0.15) is 64.4 Å². The molecule has 0 amide bonds. The Bertz CT molecular complexity index is 788. The number of carbonyl (C=O) groups is 1. The third kappa shape index (κ3) is 8.03. The van der Waals surface area contributed by atoms with Crippen molar-refractivity contribution in [3.63, 3.8) is 0 Å². The molecule has 6 nitrogen and oxygen atoms in total. The van der Waals surface area contributed by atoms with E-state index in [2.05, 4.69) is 24.0 Å². The van der Waals surface area contributed by atoms with Crippen LogP contribution in [0.15, 0.2) is 35.0 Å². The summed E-state index contributed by atoms with van der Waals surface area (Å²) in [6.07, 6.45) is 0.502. The van der Waals surface area contributed by atoms with E-state index in [-0.39, 0.29) is 18.1 Å². The molecule has 2 unspecified atom stereocenters. The first-order chi connectivity index (χ1) is 15.6. The zero-order valence-corrected chi connectivity index (χ0v) is 20.1. The molecule has 0 radical (unpaired) electrons. The lowest BCUT2D eigenvalue weighted by atomic mass is 9.94. The Balaban J connectivity index is 0.00000122. The molecule has 3 rings (SSSR count). The second-order valence-electron chi connectivity index (χ2n) is 8.33. The number of halogens is 3. The maximum atomic E-state index is 12.3. The Kier molecular flexibility index (Phi) is 10.2. The first-order valence-corrected chi connectivity index (χ1v) is 12.1. The summed E-state index contributed by atoms with van der Waals surface area (Å²) in [7, 11) is 0. The van der Waals surface area contributed by atoms with Gasteiger partial charge >= 0.3 is 12.3 Å². The molecule has 0 bridgehead atoms. The number of alkyl halides is 3. The molecule has 2 atom stereocenters. The quantitative estimate of drug-likeness (QED) is 0.211. The van der Waals surface area contributed by atoms with Crippen LogP contribution in [-0.4, -0.2) is 24.2 Å². The van der Waals surface area contributed by atoms with Crippen molar-refractivity contribution in [1.29, 1.82) is 0 Å². The molecule has 1 aromatic rings. The van der Waals surface area contributed by atoms with Gasteiger partial charge in [-0.15, -0.1) is 24.9 Å². The van der Waals surface area contributed by atoms with Crippen molar-refractivity contribution < 1.29 is 27.4 Å². The van der Waals surface area contributed by atoms with Crippen LogP contribution in [-0.2, 0) is 9.53 Å². The van der Waals surface area contributed by atoms with E-state index in [1.165, 1.54) is 30.3 Å². The van der Waals surface area contributed by atoms with E-state index in [0.29, 0.717) is 28.0 Å². The topological polar surface area (TPSA) is 99.6 Å². The Hall–Kier alpha value is -2.07. The molecule has 0 aromatic heterocycles. The number of thioether (sulfide) groups is 1. The molecule has 33 heavy (non-hydrogen) atoms. The number of rotatable bonds is 7. The van der Waals surface area contributed by atoms with Gasteiger partial charge in [-0.05, 0) is 68.1 Å². The van der Waals surface area contributed by atoms with E-state index in [1.54, 1.807) is 19.1 Å². The predicted molar refractivity (Wildman–Crippen MR) is 124 cm³/mol. The second kappa shape index (κ2) is 12.4. The number of nitrogens with one attached hydrogen (secondary N) is 1. The fourth-order valence-corrected chi connectivity index (χ4v) is 5.85. The highest BCUT2D eigenvalue weighted by molar-refractivity contribution is 8.03. The average molecular weight is 490 g/mol. The summed E-state index contributed by atoms with van der Waals surface area (Å²) in [6.45, 7) is 6.20. The van der Waals surface area contributed by atoms with E-state index in [0.717, 1.165) is 31.2 Å². The standard InChI is InChI=1S/C20H26F3N3O3S.C3H8/c1-2-28-19(27)17(26-25)18(24)30-16-9-13-7-12(8-14(13)10-16)11-3-5-15(6-4-11)29-20(21,22)23;1-3-2/h3-6,12-14,16,26H,2,7-10,24-25H2,1H3;3H2,1-2H3/b18-17+;. The van der Waals surface area contributed by atoms with Gasteiger partial charge in [-0.2, -0.15) is 0 Å². The third-order valence-electron chi connectivity index (χ3n) is 5.72. The predicted octanol–water partition coefficient (Wildman–Crippen LogP) is 5.16. The van der Waals surface area contributed by atoms with E-state index >= 15 is 0 Å². The number of nitrogens with two attached hydrogens (primary N) is 2. The smallest absolute Gasteiger partial charge is 0.461 e. The molecule has 186 valence electrons. The molecule has 10 heteroatoms. The molecule has 2 fully saturated rings. The van der Waals surface area contributed by atoms with Crippen LogP contribution in [0.25, 0.3) is 0 Å². The lowest BCUT2D eigenvalue weighted by molar-refractivity contribution is -0.274. The van der Waals surface area contributed by atoms with Crippen molar-refractivity contribution in [2.24, 2.45) is 23.4 Å². The van der Waals surface area contributed by atoms with E-state index in [1.807, 2.05) is 0 Å². The minimum absolute atomic E-state index is 0.0814. The van der Waals surface area contributed by atoms with Gasteiger partial charge in [-0.3, -0.25) is 5.84 Å². The number of hydrogen-bond acceptors (Lipinski definition) is 7. The van der Waals surface area contributed by atoms with Crippen LogP contribution in [0.4, 0.5) is 13.2 Å². The van der Waals surface area contributed by atoms with Crippen LogP contribution in [0, 0.1) is 11.8 Å². The van der Waals surface area contributed by atoms with E-state index in [9.17, 15) is 18.0 Å². The van der Waals surface area contributed by atoms with Gasteiger partial charge in [-0.1, -0.05) is 32.4 Å². The summed E-state index contributed by atoms with van der Waals surface area (Å²) in [4.78, 5) is 11.9. The lowest BCUT2D eigenvalue weighted by Gasteiger charge is -2.17. The summed E-state index contributed by atoms with van der Waals surface area (Å²) in [5, 5.41) is 0.624. The fourth-order valence-electron chi connectivity index (χ4n) is 4.54. The number of ether oxygens (including phenoxy) is 2. The van der Waals surface area contributed by atoms with Crippen molar-refractivity contribution in [3.05, 3.63) is 40.6 Å². The van der Waals surface area contributed by atoms with Crippen molar-refractivity contribution >= 4 is 17.7 Å². The number of benzene rings is 1. The minimum Gasteiger partial charge on any atom is -0.461 e. The molecule has 0 spiro atoms. The highest BCUT2D eigenvalue weighted by atomic mass is 32.2. The molecule has 0 saturated heterocycles. The zero-order valence-electron chi connectivity index (χ0n) is 19.3. The summed E-state index contributed by atoms with van der Waals surface area (Å²) in [5.74, 6) is 6.05. The van der Waals surface area contributed by atoms with Gasteiger partial charge in [0.2, 0.25) is 0 Å². The van der Waals surface area contributed by atoms with Crippen LogP contribution in [0.5, 0.6) is 5.75 Å². The summed E-state index contributed by atoms with van der Waals surface area (Å²) >= 11 is 1.45. The van der Waals surface area contributed by atoms with Gasteiger partial charge < -0.3 is 20.6 Å². The third-order valence-corrected chi connectivity index (χ3v) is 6.90. The fraction of sp³-hybridized carbons (Fsp3) is 0.609. The van der Waals surface area contributed by atoms with Gasteiger partial charge in [0.1, 0.15) is 5.75 Å². The van der Waals surface area contributed by atoms with Gasteiger partial charge in [0, 0.05) is 5.25 Å². The number of fused-ring (bicyclic) bond motifs is 1. The number of esters is 1. The molecular weight excluding hydrogens is 455 g/mol. The van der Waals surface area contributed by atoms with Crippen molar-refractivity contribution in [1.82, 2.24) is 5.43 Å². The number of hydrogen-bond donors (Lipinski definition) is 3. The first kappa shape index (κ1) is 27.2. The van der Waals surface area contributed by atoms with Gasteiger partial charge in [-0.25, -0.2) is 4.79 Å². The Morgan fingerprint density at radius 2 is 1.64 bits per heavy atom. The van der Waals surface area contributed by atoms with Crippen molar-refractivity contribution in [2.45, 2.75) is 70.4 Å². The van der Waals surface area contributed by atoms with Crippen molar-refractivity contribution in [2.75, 3.05) is 6.61 Å². The number of hydrazine groups is 1. The normalized spacial score (nSPS) is 24.8. The molecule has 5 N–H and O–H groups in total. The van der Waals surface area contributed by atoms with Crippen molar-refractivity contribution in [3.8, 4) is 5.75 Å². The summed E-state index contributed by atoms with van der Waals surface area (Å²) < 4.78 is 45.8. The second-order valence-corrected chi connectivity index (χ2v) is 9.67. The monoisotopic (exact) mass is 489 g/mol. The summed E-state index contributed by atoms with van der Waals surface area (Å²) in [6, 6.07) is 6.19. The minimum atomic E-state index is -4.68. The lowest BCUT2D eigenvalue weighted by Crippen LogP contribution is -2.31.